The monoisotopic (exact) mass is 417 g/mol. The maximum absolute atomic E-state index is 12.8. The summed E-state index contributed by atoms with van der Waals surface area (Å²) in [5, 5.41) is 6.76. The predicted molar refractivity (Wildman–Crippen MR) is 106 cm³/mol. The summed E-state index contributed by atoms with van der Waals surface area (Å²) >= 11 is 0. The van der Waals surface area contributed by atoms with E-state index in [1.807, 2.05) is 32.9 Å². The summed E-state index contributed by atoms with van der Waals surface area (Å²) in [6.45, 7) is 2.65. The molecule has 7 nitrogen and oxygen atoms in total. The quantitative estimate of drug-likeness (QED) is 0.580. The molecule has 9 heteroatoms. The predicted octanol–water partition coefficient (Wildman–Crippen LogP) is 5.03. The van der Waals surface area contributed by atoms with Crippen LogP contribution in [0.5, 0.6) is 11.5 Å². The highest BCUT2D eigenvalue weighted by atomic mass is 19.3. The molecule has 0 aliphatic rings. The SMILES string of the molecule is COc1ccc(C(=O)Nc2c(C)cccc2-c2nc(C(C)C)no2)cc1OC(F)F. The summed E-state index contributed by atoms with van der Waals surface area (Å²) in [6.07, 6.45) is 0. The number of nitrogens with one attached hydrogen (secondary N) is 1. The Morgan fingerprint density at radius 2 is 1.93 bits per heavy atom. The van der Waals surface area contributed by atoms with Gasteiger partial charge in [0.2, 0.25) is 0 Å². The molecule has 3 aromatic rings. The minimum Gasteiger partial charge on any atom is -0.493 e. The van der Waals surface area contributed by atoms with Crippen LogP contribution in [0.2, 0.25) is 0 Å². The molecule has 0 aliphatic heterocycles. The molecular formula is C21H21F2N3O4. The van der Waals surface area contributed by atoms with Crippen LogP contribution in [0.1, 0.15) is 41.5 Å². The lowest BCUT2D eigenvalue weighted by Crippen LogP contribution is -2.14. The topological polar surface area (TPSA) is 86.5 Å². The van der Waals surface area contributed by atoms with Crippen LogP contribution in [0.3, 0.4) is 0 Å². The second-order valence-electron chi connectivity index (χ2n) is 6.81. The van der Waals surface area contributed by atoms with Gasteiger partial charge in [0.05, 0.1) is 18.4 Å². The van der Waals surface area contributed by atoms with Crippen LogP contribution in [0.4, 0.5) is 14.5 Å². The zero-order chi connectivity index (χ0) is 21.8. The number of carbonyl (C=O) groups excluding carboxylic acids is 1. The van der Waals surface area contributed by atoms with Crippen molar-refractivity contribution in [2.45, 2.75) is 33.3 Å². The number of rotatable bonds is 7. The molecule has 0 unspecified atom stereocenters. The van der Waals surface area contributed by atoms with E-state index in [0.717, 1.165) is 5.56 Å². The normalized spacial score (nSPS) is 11.1. The second-order valence-corrected chi connectivity index (χ2v) is 6.81. The number of hydrogen-bond acceptors (Lipinski definition) is 6. The minimum atomic E-state index is -3.05. The van der Waals surface area contributed by atoms with Gasteiger partial charge >= 0.3 is 6.61 Å². The van der Waals surface area contributed by atoms with Crippen molar-refractivity contribution in [3.05, 3.63) is 53.3 Å². The lowest BCUT2D eigenvalue weighted by molar-refractivity contribution is -0.0512. The van der Waals surface area contributed by atoms with E-state index in [0.29, 0.717) is 17.1 Å². The number of nitrogens with zero attached hydrogens (tertiary/aromatic N) is 2. The van der Waals surface area contributed by atoms with Crippen LogP contribution >= 0.6 is 0 Å². The number of para-hydroxylation sites is 1. The first kappa shape index (κ1) is 21.2. The minimum absolute atomic E-state index is 0.0814. The van der Waals surface area contributed by atoms with Crippen LogP contribution in [0.15, 0.2) is 40.9 Å². The molecule has 1 amide bonds. The van der Waals surface area contributed by atoms with Gasteiger partial charge in [0.1, 0.15) is 0 Å². The summed E-state index contributed by atoms with van der Waals surface area (Å²) in [4.78, 5) is 17.2. The lowest BCUT2D eigenvalue weighted by atomic mass is 10.1. The van der Waals surface area contributed by atoms with Gasteiger partial charge in [0.25, 0.3) is 11.8 Å². The molecule has 30 heavy (non-hydrogen) atoms. The molecule has 1 aromatic heterocycles. The van der Waals surface area contributed by atoms with Gasteiger partial charge < -0.3 is 19.3 Å². The van der Waals surface area contributed by atoms with Gasteiger partial charge in [-0.3, -0.25) is 4.79 Å². The third-order valence-electron chi connectivity index (χ3n) is 4.34. The Labute approximate surface area is 172 Å². The van der Waals surface area contributed by atoms with Crippen molar-refractivity contribution in [3.8, 4) is 23.0 Å². The fraction of sp³-hybridized carbons (Fsp3) is 0.286. The number of methoxy groups -OCH3 is 1. The molecule has 158 valence electrons. The first-order chi connectivity index (χ1) is 14.3. The maximum Gasteiger partial charge on any atom is 0.387 e. The fourth-order valence-corrected chi connectivity index (χ4v) is 2.78. The van der Waals surface area contributed by atoms with Gasteiger partial charge in [-0.1, -0.05) is 31.1 Å². The van der Waals surface area contributed by atoms with E-state index < -0.39 is 12.5 Å². The number of amides is 1. The number of halogens is 2. The number of benzene rings is 2. The van der Waals surface area contributed by atoms with E-state index >= 15 is 0 Å². The van der Waals surface area contributed by atoms with Crippen LogP contribution < -0.4 is 14.8 Å². The average molecular weight is 417 g/mol. The maximum atomic E-state index is 12.8. The Bertz CT molecular complexity index is 1050. The first-order valence-electron chi connectivity index (χ1n) is 9.18. The van der Waals surface area contributed by atoms with Gasteiger partial charge in [-0.25, -0.2) is 0 Å². The number of alkyl halides is 2. The highest BCUT2D eigenvalue weighted by Crippen LogP contribution is 2.33. The Hall–Kier alpha value is -3.49. The number of anilines is 1. The van der Waals surface area contributed by atoms with Crippen molar-refractivity contribution in [1.29, 1.82) is 0 Å². The van der Waals surface area contributed by atoms with Gasteiger partial charge in [0.15, 0.2) is 17.3 Å². The van der Waals surface area contributed by atoms with Crippen molar-refractivity contribution in [1.82, 2.24) is 10.1 Å². The van der Waals surface area contributed by atoms with Gasteiger partial charge in [0, 0.05) is 11.5 Å². The number of ether oxygens (including phenoxy) is 2. The summed E-state index contributed by atoms with van der Waals surface area (Å²) in [5.74, 6) is 0.245. The van der Waals surface area contributed by atoms with Crippen molar-refractivity contribution in [2.75, 3.05) is 12.4 Å². The molecule has 0 fully saturated rings. The molecule has 3 rings (SSSR count). The van der Waals surface area contributed by atoms with Crippen molar-refractivity contribution in [3.63, 3.8) is 0 Å². The summed E-state index contributed by atoms with van der Waals surface area (Å²) in [5.41, 5.74) is 1.92. The number of aryl methyl sites for hydroxylation is 1. The highest BCUT2D eigenvalue weighted by molar-refractivity contribution is 6.06. The molecule has 1 N–H and O–H groups in total. The van der Waals surface area contributed by atoms with E-state index in [4.69, 9.17) is 9.26 Å². The number of aromatic nitrogens is 2. The van der Waals surface area contributed by atoms with Crippen LogP contribution in [0.25, 0.3) is 11.5 Å². The fourth-order valence-electron chi connectivity index (χ4n) is 2.78. The molecule has 2 aromatic carbocycles. The van der Waals surface area contributed by atoms with Crippen molar-refractivity contribution < 1.29 is 27.6 Å². The number of carbonyl (C=O) groups is 1. The zero-order valence-corrected chi connectivity index (χ0v) is 16.9. The Morgan fingerprint density at radius 1 is 1.17 bits per heavy atom. The van der Waals surface area contributed by atoms with E-state index in [-0.39, 0.29) is 28.9 Å². The Balaban J connectivity index is 1.94. The Kier molecular flexibility index (Phi) is 6.29. The van der Waals surface area contributed by atoms with Gasteiger partial charge in [-0.15, -0.1) is 0 Å². The Morgan fingerprint density at radius 3 is 2.57 bits per heavy atom. The van der Waals surface area contributed by atoms with Crippen molar-refractivity contribution >= 4 is 11.6 Å². The molecular weight excluding hydrogens is 396 g/mol. The van der Waals surface area contributed by atoms with Crippen molar-refractivity contribution in [2.24, 2.45) is 0 Å². The standard InChI is InChI=1S/C21H21F2N3O4/c1-11(2)18-25-20(30-26-18)14-7-5-6-12(3)17(14)24-19(27)13-8-9-15(28-4)16(10-13)29-21(22)23/h5-11,21H,1-4H3,(H,24,27). The second kappa shape index (κ2) is 8.89. The molecule has 0 spiro atoms. The molecule has 0 bridgehead atoms. The number of hydrogen-bond donors (Lipinski definition) is 1. The molecule has 0 radical (unpaired) electrons. The zero-order valence-electron chi connectivity index (χ0n) is 16.9. The average Bonchev–Trinajstić information content (AvgIpc) is 3.19. The first-order valence-corrected chi connectivity index (χ1v) is 9.18. The summed E-state index contributed by atoms with van der Waals surface area (Å²) in [7, 11) is 1.32. The third kappa shape index (κ3) is 4.56. The molecule has 0 atom stereocenters. The largest absolute Gasteiger partial charge is 0.493 e. The van der Waals surface area contributed by atoms with E-state index in [1.165, 1.54) is 25.3 Å². The smallest absolute Gasteiger partial charge is 0.387 e. The van der Waals surface area contributed by atoms with E-state index in [9.17, 15) is 13.6 Å². The molecule has 0 aliphatic carbocycles. The van der Waals surface area contributed by atoms with E-state index in [2.05, 4.69) is 20.2 Å². The molecule has 0 saturated carbocycles. The third-order valence-corrected chi connectivity index (χ3v) is 4.34. The molecule has 1 heterocycles. The van der Waals surface area contributed by atoms with Crippen LogP contribution in [-0.2, 0) is 0 Å². The van der Waals surface area contributed by atoms with Crippen LogP contribution in [0, 0.1) is 6.92 Å². The van der Waals surface area contributed by atoms with Gasteiger partial charge in [-0.05, 0) is 36.8 Å². The lowest BCUT2D eigenvalue weighted by Gasteiger charge is -2.14. The van der Waals surface area contributed by atoms with E-state index in [1.54, 1.807) is 6.07 Å². The van der Waals surface area contributed by atoms with Gasteiger partial charge in [-0.2, -0.15) is 13.8 Å². The summed E-state index contributed by atoms with van der Waals surface area (Å²) in [6, 6.07) is 9.41. The molecule has 0 saturated heterocycles. The summed E-state index contributed by atoms with van der Waals surface area (Å²) < 4.78 is 40.1. The highest BCUT2D eigenvalue weighted by Gasteiger charge is 2.20. The van der Waals surface area contributed by atoms with Crippen LogP contribution in [-0.4, -0.2) is 29.8 Å².